The molecular weight excluding hydrogens is 560 g/mol. The summed E-state index contributed by atoms with van der Waals surface area (Å²) in [6.07, 6.45) is 9.08. The lowest BCUT2D eigenvalue weighted by Gasteiger charge is -2.31. The van der Waals surface area contributed by atoms with E-state index in [1.54, 1.807) is 6.92 Å². The van der Waals surface area contributed by atoms with Crippen LogP contribution in [0.2, 0.25) is 0 Å². The van der Waals surface area contributed by atoms with E-state index in [0.29, 0.717) is 25.7 Å². The summed E-state index contributed by atoms with van der Waals surface area (Å²) in [4.78, 5) is 23.6. The topological polar surface area (TPSA) is 145 Å². The number of aliphatic hydroxyl groups is 4. The number of hydrogen-bond donors (Lipinski definition) is 5. The van der Waals surface area contributed by atoms with E-state index >= 15 is 0 Å². The number of carbonyl (C=O) groups excluding carboxylic acids is 1. The van der Waals surface area contributed by atoms with Crippen molar-refractivity contribution in [1.82, 2.24) is 0 Å². The van der Waals surface area contributed by atoms with Crippen molar-refractivity contribution < 1.29 is 39.9 Å². The molecule has 5 N–H and O–H groups in total. The number of aliphatic hydroxyl groups excluding tert-OH is 4. The van der Waals surface area contributed by atoms with Crippen molar-refractivity contribution in [1.29, 1.82) is 0 Å². The standard InChI is InChI=1S/C36H64O8/c1-22(18-26(5)31(38)21-32(39)27(6)19-24(3)17-23(2)13-14-34(41)42)11-10-12-25(4)35(43)28(7)33(40)20-30-15-16-36(9,44-30)29(8)37/h10,12,21-30,33,35,37-38,40,43H,11,13-20H2,1-9H3,(H,41,42)/b12-10+,31-21-/t22-,23+,24+,25-,26-,27+,28+,29-,30-,33+,35-,36+/m1/s1. The van der Waals surface area contributed by atoms with Crippen LogP contribution in [0.5, 0.6) is 0 Å². The van der Waals surface area contributed by atoms with Crippen molar-refractivity contribution in [2.45, 2.75) is 150 Å². The van der Waals surface area contributed by atoms with Crippen molar-refractivity contribution in [3.8, 4) is 0 Å². The molecule has 0 amide bonds. The van der Waals surface area contributed by atoms with Crippen LogP contribution in [0.15, 0.2) is 24.0 Å². The number of ether oxygens (including phenoxy) is 1. The Hall–Kier alpha value is -1.74. The van der Waals surface area contributed by atoms with Crippen molar-refractivity contribution in [2.75, 3.05) is 0 Å². The fraction of sp³-hybridized carbons (Fsp3) is 0.833. The first kappa shape index (κ1) is 40.3. The Bertz CT molecular complexity index is 929. The quantitative estimate of drug-likeness (QED) is 0.0529. The van der Waals surface area contributed by atoms with Gasteiger partial charge in [-0.05, 0) is 83.0 Å². The van der Waals surface area contributed by atoms with Crippen LogP contribution in [0.4, 0.5) is 0 Å². The summed E-state index contributed by atoms with van der Waals surface area (Å²) in [5, 5.41) is 51.2. The van der Waals surface area contributed by atoms with Gasteiger partial charge in [-0.3, -0.25) is 9.59 Å². The number of ketones is 1. The highest BCUT2D eigenvalue weighted by Gasteiger charge is 2.41. The second kappa shape index (κ2) is 19.0. The van der Waals surface area contributed by atoms with Crippen LogP contribution in [0.3, 0.4) is 0 Å². The average Bonchev–Trinajstić information content (AvgIpc) is 3.32. The molecule has 0 spiro atoms. The molecule has 0 aliphatic carbocycles. The van der Waals surface area contributed by atoms with Gasteiger partial charge in [-0.2, -0.15) is 0 Å². The summed E-state index contributed by atoms with van der Waals surface area (Å²) in [7, 11) is 0. The zero-order valence-electron chi connectivity index (χ0n) is 28.9. The number of carboxylic acids is 1. The summed E-state index contributed by atoms with van der Waals surface area (Å²) < 4.78 is 6.02. The van der Waals surface area contributed by atoms with Crippen molar-refractivity contribution in [2.24, 2.45) is 41.4 Å². The van der Waals surface area contributed by atoms with Crippen molar-refractivity contribution in [3.05, 3.63) is 24.0 Å². The Morgan fingerprint density at radius 3 is 2.07 bits per heavy atom. The van der Waals surface area contributed by atoms with Gasteiger partial charge in [0.25, 0.3) is 0 Å². The molecule has 8 nitrogen and oxygen atoms in total. The maximum Gasteiger partial charge on any atom is 0.303 e. The van der Waals surface area contributed by atoms with E-state index in [-0.39, 0.29) is 65.5 Å². The second-order valence-corrected chi connectivity index (χ2v) is 14.7. The molecule has 256 valence electrons. The lowest BCUT2D eigenvalue weighted by molar-refractivity contribution is -0.137. The molecule has 0 bridgehead atoms. The Morgan fingerprint density at radius 1 is 0.886 bits per heavy atom. The van der Waals surface area contributed by atoms with E-state index in [4.69, 9.17) is 9.84 Å². The van der Waals surface area contributed by atoms with Crippen LogP contribution in [-0.2, 0) is 14.3 Å². The molecule has 8 heteroatoms. The minimum Gasteiger partial charge on any atom is -0.512 e. The summed E-state index contributed by atoms with van der Waals surface area (Å²) in [6, 6.07) is 0. The maximum absolute atomic E-state index is 12.8. The molecule has 1 aliphatic heterocycles. The zero-order valence-corrected chi connectivity index (χ0v) is 28.9. The molecule has 0 radical (unpaired) electrons. The van der Waals surface area contributed by atoms with Crippen LogP contribution >= 0.6 is 0 Å². The van der Waals surface area contributed by atoms with E-state index in [2.05, 4.69) is 13.8 Å². The predicted molar refractivity (Wildman–Crippen MR) is 175 cm³/mol. The number of allylic oxidation sites excluding steroid dienone is 3. The number of carboxylic acid groups (broad SMARTS) is 1. The number of carbonyl (C=O) groups is 2. The normalized spacial score (nSPS) is 26.4. The molecule has 0 aromatic rings. The van der Waals surface area contributed by atoms with Crippen molar-refractivity contribution >= 4 is 11.8 Å². The predicted octanol–water partition coefficient (Wildman–Crippen LogP) is 6.86. The first-order chi connectivity index (χ1) is 20.4. The summed E-state index contributed by atoms with van der Waals surface area (Å²) in [6.45, 7) is 17.5. The van der Waals surface area contributed by atoms with Gasteiger partial charge in [0.15, 0.2) is 5.78 Å². The molecule has 0 aromatic carbocycles. The van der Waals surface area contributed by atoms with E-state index < -0.39 is 29.9 Å². The average molecular weight is 625 g/mol. The molecule has 1 fully saturated rings. The van der Waals surface area contributed by atoms with Gasteiger partial charge < -0.3 is 30.3 Å². The number of rotatable bonds is 21. The first-order valence-electron chi connectivity index (χ1n) is 16.9. The van der Waals surface area contributed by atoms with Gasteiger partial charge in [0.1, 0.15) is 0 Å². The van der Waals surface area contributed by atoms with E-state index in [1.807, 2.05) is 53.7 Å². The van der Waals surface area contributed by atoms with Gasteiger partial charge >= 0.3 is 5.97 Å². The van der Waals surface area contributed by atoms with Crippen LogP contribution in [0.25, 0.3) is 0 Å². The molecule has 1 heterocycles. The second-order valence-electron chi connectivity index (χ2n) is 14.7. The fourth-order valence-electron chi connectivity index (χ4n) is 6.49. The van der Waals surface area contributed by atoms with Crippen LogP contribution in [0, 0.1) is 41.4 Å². The molecule has 1 aliphatic rings. The lowest BCUT2D eigenvalue weighted by atomic mass is 9.85. The Labute approximate surface area is 267 Å². The van der Waals surface area contributed by atoms with Gasteiger partial charge in [0.05, 0.1) is 35.8 Å². The summed E-state index contributed by atoms with van der Waals surface area (Å²) in [5.41, 5.74) is -0.582. The van der Waals surface area contributed by atoms with Gasteiger partial charge in [0, 0.05) is 36.2 Å². The zero-order chi connectivity index (χ0) is 33.8. The van der Waals surface area contributed by atoms with E-state index in [1.165, 1.54) is 6.08 Å². The van der Waals surface area contributed by atoms with Gasteiger partial charge in [-0.1, -0.05) is 60.6 Å². The first-order valence-corrected chi connectivity index (χ1v) is 16.9. The highest BCUT2D eigenvalue weighted by atomic mass is 16.5. The van der Waals surface area contributed by atoms with E-state index in [0.717, 1.165) is 25.7 Å². The summed E-state index contributed by atoms with van der Waals surface area (Å²) >= 11 is 0. The smallest absolute Gasteiger partial charge is 0.303 e. The Kier molecular flexibility index (Phi) is 17.4. The van der Waals surface area contributed by atoms with Crippen LogP contribution in [-0.4, -0.2) is 67.3 Å². The Morgan fingerprint density at radius 2 is 1.50 bits per heavy atom. The molecule has 0 unspecified atom stereocenters. The van der Waals surface area contributed by atoms with Crippen LogP contribution < -0.4 is 0 Å². The van der Waals surface area contributed by atoms with E-state index in [9.17, 15) is 30.0 Å². The maximum atomic E-state index is 12.8. The highest BCUT2D eigenvalue weighted by molar-refractivity contribution is 5.91. The molecule has 1 saturated heterocycles. The van der Waals surface area contributed by atoms with Crippen molar-refractivity contribution in [3.63, 3.8) is 0 Å². The third-order valence-corrected chi connectivity index (χ3v) is 9.90. The third-order valence-electron chi connectivity index (χ3n) is 9.90. The van der Waals surface area contributed by atoms with Gasteiger partial charge in [0.2, 0.25) is 0 Å². The highest BCUT2D eigenvalue weighted by Crippen LogP contribution is 2.36. The molecule has 12 atom stereocenters. The third kappa shape index (κ3) is 14.1. The number of hydrogen-bond acceptors (Lipinski definition) is 7. The fourth-order valence-corrected chi connectivity index (χ4v) is 6.49. The van der Waals surface area contributed by atoms with Gasteiger partial charge in [-0.25, -0.2) is 0 Å². The SMILES string of the molecule is C[C@H](C/C=C/[C@@H](C)[C@@H](O)[C@@H](C)[C@@H](O)C[C@H]1CC[C@@](C)([C@@H](C)O)O1)C[C@@H](C)/C(O)=C/C(=O)[C@@H](C)C[C@@H](C)C[C@@H](C)CCC(=O)O. The molecule has 0 aromatic heterocycles. The number of aliphatic carboxylic acids is 1. The lowest BCUT2D eigenvalue weighted by Crippen LogP contribution is -2.39. The summed E-state index contributed by atoms with van der Waals surface area (Å²) in [5.74, 6) is -0.776. The molecular formula is C36H64O8. The molecule has 0 saturated carbocycles. The Balaban J connectivity index is 2.49. The monoisotopic (exact) mass is 624 g/mol. The molecule has 44 heavy (non-hydrogen) atoms. The van der Waals surface area contributed by atoms with Crippen LogP contribution in [0.1, 0.15) is 120 Å². The minimum absolute atomic E-state index is 0.0810. The minimum atomic E-state index is -0.781. The largest absolute Gasteiger partial charge is 0.512 e. The molecule has 1 rings (SSSR count). The van der Waals surface area contributed by atoms with Gasteiger partial charge in [-0.15, -0.1) is 0 Å².